The van der Waals surface area contributed by atoms with E-state index in [1.165, 1.54) is 11.1 Å². The van der Waals surface area contributed by atoms with Crippen LogP contribution in [-0.2, 0) is 12.8 Å². The van der Waals surface area contributed by atoms with Gasteiger partial charge in [-0.3, -0.25) is 0 Å². The summed E-state index contributed by atoms with van der Waals surface area (Å²) in [6.45, 7) is 0.982. The van der Waals surface area contributed by atoms with Crippen LogP contribution in [0.25, 0.3) is 0 Å². The molecule has 2 heteroatoms. The van der Waals surface area contributed by atoms with Crippen molar-refractivity contribution in [1.29, 1.82) is 0 Å². The van der Waals surface area contributed by atoms with Gasteiger partial charge < -0.3 is 5.32 Å². The van der Waals surface area contributed by atoms with Crippen LogP contribution in [0, 0.1) is 0 Å². The standard InChI is InChI=1S/C10H11NS/c12-10-7-9-4-2-1-3-8(9)5-6-11-10/h1-4H,5-7H2,(H,11,12). The van der Waals surface area contributed by atoms with Crippen LogP contribution in [0.2, 0.25) is 0 Å². The van der Waals surface area contributed by atoms with Gasteiger partial charge in [0.25, 0.3) is 0 Å². The fraction of sp³-hybridized carbons (Fsp3) is 0.300. The fourth-order valence-electron chi connectivity index (χ4n) is 1.55. The van der Waals surface area contributed by atoms with Crippen molar-refractivity contribution in [3.05, 3.63) is 35.4 Å². The van der Waals surface area contributed by atoms with Gasteiger partial charge in [-0.25, -0.2) is 0 Å². The first-order valence-electron chi connectivity index (χ1n) is 4.20. The van der Waals surface area contributed by atoms with E-state index in [0.29, 0.717) is 0 Å². The van der Waals surface area contributed by atoms with Crippen LogP contribution in [0.1, 0.15) is 11.1 Å². The second kappa shape index (κ2) is 3.23. The topological polar surface area (TPSA) is 12.0 Å². The van der Waals surface area contributed by atoms with Crippen molar-refractivity contribution in [2.75, 3.05) is 6.54 Å². The van der Waals surface area contributed by atoms with Crippen LogP contribution < -0.4 is 5.32 Å². The van der Waals surface area contributed by atoms with E-state index in [-0.39, 0.29) is 0 Å². The third-order valence-corrected chi connectivity index (χ3v) is 2.47. The van der Waals surface area contributed by atoms with Gasteiger partial charge in [-0.05, 0) is 17.5 Å². The molecule has 0 saturated heterocycles. The smallest absolute Gasteiger partial charge is 0.0797 e. The second-order valence-corrected chi connectivity index (χ2v) is 3.54. The molecule has 1 N–H and O–H groups in total. The highest BCUT2D eigenvalue weighted by atomic mass is 32.1. The Balaban J connectivity index is 2.37. The molecule has 12 heavy (non-hydrogen) atoms. The minimum Gasteiger partial charge on any atom is -0.379 e. The SMILES string of the molecule is S=C1Cc2ccccc2CCN1. The van der Waals surface area contributed by atoms with Gasteiger partial charge in [-0.15, -0.1) is 0 Å². The van der Waals surface area contributed by atoms with Gasteiger partial charge in [-0.2, -0.15) is 0 Å². The Morgan fingerprint density at radius 1 is 1.17 bits per heavy atom. The quantitative estimate of drug-likeness (QED) is 0.605. The van der Waals surface area contributed by atoms with Gasteiger partial charge in [0.15, 0.2) is 0 Å². The molecule has 0 atom stereocenters. The molecule has 1 aromatic carbocycles. The molecule has 0 spiro atoms. The van der Waals surface area contributed by atoms with Gasteiger partial charge in [0.05, 0.1) is 4.99 Å². The Morgan fingerprint density at radius 2 is 1.92 bits per heavy atom. The van der Waals surface area contributed by atoms with E-state index in [0.717, 1.165) is 24.4 Å². The van der Waals surface area contributed by atoms with E-state index < -0.39 is 0 Å². The molecule has 1 aliphatic rings. The maximum atomic E-state index is 5.16. The predicted molar refractivity (Wildman–Crippen MR) is 54.5 cm³/mol. The van der Waals surface area contributed by atoms with Crippen molar-refractivity contribution in [3.63, 3.8) is 0 Å². The molecule has 0 aromatic heterocycles. The molecule has 0 unspecified atom stereocenters. The molecule has 1 nitrogen and oxygen atoms in total. The third-order valence-electron chi connectivity index (χ3n) is 2.19. The number of nitrogens with one attached hydrogen (secondary N) is 1. The lowest BCUT2D eigenvalue weighted by Crippen LogP contribution is -2.22. The average molecular weight is 177 g/mol. The van der Waals surface area contributed by atoms with E-state index in [4.69, 9.17) is 12.2 Å². The fourth-order valence-corrected chi connectivity index (χ4v) is 1.80. The molecule has 0 fully saturated rings. The molecule has 62 valence electrons. The first-order valence-corrected chi connectivity index (χ1v) is 4.60. The second-order valence-electron chi connectivity index (χ2n) is 3.05. The maximum Gasteiger partial charge on any atom is 0.0797 e. The summed E-state index contributed by atoms with van der Waals surface area (Å²) in [4.78, 5) is 0.972. The lowest BCUT2D eigenvalue weighted by Gasteiger charge is -2.01. The summed E-state index contributed by atoms with van der Waals surface area (Å²) < 4.78 is 0. The minimum atomic E-state index is 0.908. The highest BCUT2D eigenvalue weighted by Crippen LogP contribution is 2.12. The normalized spacial score (nSPS) is 16.2. The number of thiocarbonyl (C=S) groups is 1. The Labute approximate surface area is 77.8 Å². The van der Waals surface area contributed by atoms with E-state index in [1.807, 2.05) is 0 Å². The molecule has 0 saturated carbocycles. The Hall–Kier alpha value is -0.890. The number of benzene rings is 1. The minimum absolute atomic E-state index is 0.908. The van der Waals surface area contributed by atoms with E-state index >= 15 is 0 Å². The Bertz CT molecular complexity index is 306. The summed E-state index contributed by atoms with van der Waals surface area (Å²) in [7, 11) is 0. The summed E-state index contributed by atoms with van der Waals surface area (Å²) in [5.41, 5.74) is 2.82. The Kier molecular flexibility index (Phi) is 2.09. The van der Waals surface area contributed by atoms with Gasteiger partial charge in [0, 0.05) is 13.0 Å². The molecule has 0 amide bonds. The summed E-state index contributed by atoms with van der Waals surface area (Å²) in [6, 6.07) is 8.51. The molecule has 0 radical (unpaired) electrons. The van der Waals surface area contributed by atoms with E-state index in [2.05, 4.69) is 29.6 Å². The van der Waals surface area contributed by atoms with Crippen molar-refractivity contribution in [2.24, 2.45) is 0 Å². The molecule has 1 aromatic rings. The Morgan fingerprint density at radius 3 is 2.75 bits per heavy atom. The van der Waals surface area contributed by atoms with E-state index in [9.17, 15) is 0 Å². The highest BCUT2D eigenvalue weighted by molar-refractivity contribution is 7.80. The summed E-state index contributed by atoms with van der Waals surface area (Å²) in [5, 5.41) is 3.22. The third kappa shape index (κ3) is 1.48. The number of rotatable bonds is 0. The highest BCUT2D eigenvalue weighted by Gasteiger charge is 2.08. The van der Waals surface area contributed by atoms with Crippen molar-refractivity contribution in [2.45, 2.75) is 12.8 Å². The molecule has 0 aliphatic carbocycles. The van der Waals surface area contributed by atoms with Crippen LogP contribution in [0.5, 0.6) is 0 Å². The zero-order valence-corrected chi connectivity index (χ0v) is 7.66. The number of fused-ring (bicyclic) bond motifs is 1. The average Bonchev–Trinajstić information content (AvgIpc) is 2.25. The van der Waals surface area contributed by atoms with Crippen molar-refractivity contribution in [3.8, 4) is 0 Å². The summed E-state index contributed by atoms with van der Waals surface area (Å²) >= 11 is 5.16. The van der Waals surface area contributed by atoms with Crippen molar-refractivity contribution < 1.29 is 0 Å². The molecular weight excluding hydrogens is 166 g/mol. The lowest BCUT2D eigenvalue weighted by molar-refractivity contribution is 0.885. The van der Waals surface area contributed by atoms with Crippen LogP contribution in [-0.4, -0.2) is 11.5 Å². The lowest BCUT2D eigenvalue weighted by atomic mass is 10.0. The number of hydrogen-bond acceptors (Lipinski definition) is 1. The predicted octanol–water partition coefficient (Wildman–Crippen LogP) is 1.70. The molecule has 1 heterocycles. The summed E-state index contributed by atoms with van der Waals surface area (Å²) in [6.07, 6.45) is 2.00. The largest absolute Gasteiger partial charge is 0.379 e. The van der Waals surface area contributed by atoms with Gasteiger partial charge in [-0.1, -0.05) is 36.5 Å². The molecule has 1 aliphatic heterocycles. The molecule has 2 rings (SSSR count). The zero-order valence-electron chi connectivity index (χ0n) is 6.84. The van der Waals surface area contributed by atoms with Gasteiger partial charge >= 0.3 is 0 Å². The van der Waals surface area contributed by atoms with Crippen LogP contribution >= 0.6 is 12.2 Å². The monoisotopic (exact) mass is 177 g/mol. The first-order chi connectivity index (χ1) is 5.86. The maximum absolute atomic E-state index is 5.16. The van der Waals surface area contributed by atoms with Crippen molar-refractivity contribution >= 4 is 17.2 Å². The van der Waals surface area contributed by atoms with Crippen molar-refractivity contribution in [1.82, 2.24) is 5.32 Å². The van der Waals surface area contributed by atoms with Gasteiger partial charge in [0.2, 0.25) is 0 Å². The zero-order chi connectivity index (χ0) is 8.39. The van der Waals surface area contributed by atoms with Gasteiger partial charge in [0.1, 0.15) is 0 Å². The number of hydrogen-bond donors (Lipinski definition) is 1. The van der Waals surface area contributed by atoms with Crippen LogP contribution in [0.15, 0.2) is 24.3 Å². The first kappa shape index (κ1) is 7.74. The van der Waals surface area contributed by atoms with Crippen LogP contribution in [0.4, 0.5) is 0 Å². The van der Waals surface area contributed by atoms with E-state index in [1.54, 1.807) is 0 Å². The van der Waals surface area contributed by atoms with Crippen LogP contribution in [0.3, 0.4) is 0 Å². The molecule has 0 bridgehead atoms. The summed E-state index contributed by atoms with van der Waals surface area (Å²) in [5.74, 6) is 0. The molecular formula is C10H11NS.